The second-order valence-electron chi connectivity index (χ2n) is 6.02. The fourth-order valence-corrected chi connectivity index (χ4v) is 3.32. The minimum atomic E-state index is -1.51. The largest absolute Gasteiger partial charge is 0.497 e. The van der Waals surface area contributed by atoms with Crippen LogP contribution in [-0.2, 0) is 11.0 Å². The van der Waals surface area contributed by atoms with Gasteiger partial charge in [-0.25, -0.2) is 4.21 Å². The summed E-state index contributed by atoms with van der Waals surface area (Å²) in [5.41, 5.74) is 1.23. The summed E-state index contributed by atoms with van der Waals surface area (Å²) in [6, 6.07) is 13.5. The third-order valence-corrected chi connectivity index (χ3v) is 5.13. The molecule has 8 heteroatoms. The Hall–Kier alpha value is -3.39. The van der Waals surface area contributed by atoms with Gasteiger partial charge >= 0.3 is 0 Å². The molecular formula is C21H20N2O5S. The summed E-state index contributed by atoms with van der Waals surface area (Å²) >= 11 is 0. The first-order valence-electron chi connectivity index (χ1n) is 8.66. The Balaban J connectivity index is 1.69. The van der Waals surface area contributed by atoms with Crippen molar-refractivity contribution < 1.29 is 23.0 Å². The lowest BCUT2D eigenvalue weighted by molar-refractivity contribution is 0.104. The number of anilines is 1. The number of aromatic nitrogens is 1. The van der Waals surface area contributed by atoms with Gasteiger partial charge in [0.15, 0.2) is 22.6 Å². The number of aryl methyl sites for hydroxylation is 1. The van der Waals surface area contributed by atoms with E-state index >= 15 is 0 Å². The Morgan fingerprint density at radius 3 is 2.48 bits per heavy atom. The quantitative estimate of drug-likeness (QED) is 0.444. The van der Waals surface area contributed by atoms with Crippen molar-refractivity contribution >= 4 is 28.7 Å². The lowest BCUT2D eigenvalue weighted by Crippen LogP contribution is -2.05. The van der Waals surface area contributed by atoms with Crippen LogP contribution in [0.25, 0.3) is 6.08 Å². The number of benzene rings is 2. The van der Waals surface area contributed by atoms with Crippen molar-refractivity contribution in [2.24, 2.45) is 0 Å². The van der Waals surface area contributed by atoms with Gasteiger partial charge in [0.25, 0.3) is 0 Å². The second kappa shape index (κ2) is 9.20. The molecule has 0 saturated carbocycles. The van der Waals surface area contributed by atoms with Crippen molar-refractivity contribution in [3.8, 4) is 11.5 Å². The van der Waals surface area contributed by atoms with Gasteiger partial charge < -0.3 is 14.0 Å². The highest BCUT2D eigenvalue weighted by Gasteiger charge is 2.09. The third kappa shape index (κ3) is 5.11. The Morgan fingerprint density at radius 2 is 1.86 bits per heavy atom. The van der Waals surface area contributed by atoms with Gasteiger partial charge in [-0.15, -0.1) is 0 Å². The molecule has 1 unspecified atom stereocenters. The van der Waals surface area contributed by atoms with Crippen LogP contribution in [0.15, 0.2) is 64.0 Å². The van der Waals surface area contributed by atoms with Crippen LogP contribution in [0.1, 0.15) is 21.7 Å². The number of hydrogen-bond acceptors (Lipinski definition) is 6. The third-order valence-electron chi connectivity index (χ3n) is 4.03. The lowest BCUT2D eigenvalue weighted by atomic mass is 10.1. The van der Waals surface area contributed by atoms with Crippen LogP contribution >= 0.6 is 0 Å². The maximum atomic E-state index is 12.4. The van der Waals surface area contributed by atoms with Crippen LogP contribution in [0, 0.1) is 6.92 Å². The highest BCUT2D eigenvalue weighted by atomic mass is 32.2. The number of carbonyl (C=O) groups excluding carboxylic acids is 1. The summed E-state index contributed by atoms with van der Waals surface area (Å²) in [6.45, 7) is 1.75. The molecule has 0 aliphatic rings. The molecule has 3 rings (SSSR count). The first-order chi connectivity index (χ1) is 14.0. The topological polar surface area (TPSA) is 90.7 Å². The van der Waals surface area contributed by atoms with Crippen LogP contribution in [0.2, 0.25) is 0 Å². The van der Waals surface area contributed by atoms with E-state index < -0.39 is 11.0 Å². The zero-order chi connectivity index (χ0) is 20.8. The summed E-state index contributed by atoms with van der Waals surface area (Å²) in [5.74, 6) is 2.10. The van der Waals surface area contributed by atoms with E-state index in [1.54, 1.807) is 69.7 Å². The summed E-state index contributed by atoms with van der Waals surface area (Å²) in [4.78, 5) is 13.0. The van der Waals surface area contributed by atoms with Crippen LogP contribution in [-0.4, -0.2) is 29.4 Å². The molecular weight excluding hydrogens is 392 g/mol. The summed E-state index contributed by atoms with van der Waals surface area (Å²) in [7, 11) is 1.62. The van der Waals surface area contributed by atoms with E-state index in [1.807, 2.05) is 6.07 Å². The maximum Gasteiger partial charge on any atom is 0.185 e. The van der Waals surface area contributed by atoms with Crippen molar-refractivity contribution in [2.75, 3.05) is 18.9 Å². The van der Waals surface area contributed by atoms with Crippen molar-refractivity contribution in [3.05, 3.63) is 71.5 Å². The predicted octanol–water partition coefficient (Wildman–Crippen LogP) is 4.03. The Labute approximate surface area is 170 Å². The Bertz CT molecular complexity index is 1060. The van der Waals surface area contributed by atoms with E-state index in [2.05, 4.69) is 9.88 Å². The highest BCUT2D eigenvalue weighted by Crippen LogP contribution is 2.25. The number of carbonyl (C=O) groups is 1. The van der Waals surface area contributed by atoms with Gasteiger partial charge in [0.2, 0.25) is 0 Å². The average molecular weight is 412 g/mol. The Kier molecular flexibility index (Phi) is 6.46. The molecule has 1 heterocycles. The Morgan fingerprint density at radius 1 is 1.10 bits per heavy atom. The lowest BCUT2D eigenvalue weighted by Gasteiger charge is -2.07. The van der Waals surface area contributed by atoms with Gasteiger partial charge in [0.1, 0.15) is 17.3 Å². The van der Waals surface area contributed by atoms with E-state index in [-0.39, 0.29) is 5.78 Å². The molecule has 0 radical (unpaired) electrons. The molecule has 0 aliphatic carbocycles. The molecule has 0 aliphatic heterocycles. The van der Waals surface area contributed by atoms with Gasteiger partial charge in [-0.1, -0.05) is 5.16 Å². The normalized spacial score (nSPS) is 12.0. The van der Waals surface area contributed by atoms with Crippen molar-refractivity contribution in [1.29, 1.82) is 0 Å². The molecule has 1 atom stereocenters. The molecule has 0 saturated heterocycles. The molecule has 0 fully saturated rings. The van der Waals surface area contributed by atoms with Crippen molar-refractivity contribution in [1.82, 2.24) is 5.16 Å². The summed E-state index contributed by atoms with van der Waals surface area (Å²) < 4.78 is 30.5. The van der Waals surface area contributed by atoms with Crippen LogP contribution in [0.4, 0.5) is 5.82 Å². The molecule has 150 valence electrons. The van der Waals surface area contributed by atoms with Crippen LogP contribution in [0.5, 0.6) is 11.5 Å². The monoisotopic (exact) mass is 412 g/mol. The van der Waals surface area contributed by atoms with Crippen LogP contribution in [0.3, 0.4) is 0 Å². The van der Waals surface area contributed by atoms with E-state index in [0.29, 0.717) is 33.5 Å². The fourth-order valence-electron chi connectivity index (χ4n) is 2.53. The van der Waals surface area contributed by atoms with E-state index in [4.69, 9.17) is 14.0 Å². The van der Waals surface area contributed by atoms with Crippen molar-refractivity contribution in [3.63, 3.8) is 0 Å². The molecule has 0 amide bonds. The van der Waals surface area contributed by atoms with Crippen LogP contribution < -0.4 is 14.2 Å². The van der Waals surface area contributed by atoms with Gasteiger partial charge in [0, 0.05) is 23.3 Å². The first-order valence-corrected chi connectivity index (χ1v) is 9.81. The van der Waals surface area contributed by atoms with Crippen molar-refractivity contribution in [2.45, 2.75) is 11.8 Å². The standard InChI is InChI=1S/C21H20N2O5S/c1-14-12-21(22-28-14)23-29(25)18-9-5-15(6-10-18)19(24)11-7-16-4-8-17(26-2)13-20(16)27-3/h4-13H,1-3H3,(H,22,23)/b11-7+. The highest BCUT2D eigenvalue weighted by molar-refractivity contribution is 7.86. The number of ether oxygens (including phenoxy) is 2. The molecule has 0 spiro atoms. The number of ketones is 1. The number of allylic oxidation sites excluding steroid dienone is 1. The number of nitrogens with zero attached hydrogens (tertiary/aromatic N) is 1. The fraction of sp³-hybridized carbons (Fsp3) is 0.143. The molecule has 1 N–H and O–H groups in total. The minimum Gasteiger partial charge on any atom is -0.497 e. The molecule has 29 heavy (non-hydrogen) atoms. The second-order valence-corrected chi connectivity index (χ2v) is 7.24. The number of methoxy groups -OCH3 is 2. The van der Waals surface area contributed by atoms with E-state index in [9.17, 15) is 9.00 Å². The molecule has 7 nitrogen and oxygen atoms in total. The molecule has 2 aromatic carbocycles. The molecule has 1 aromatic heterocycles. The first kappa shape index (κ1) is 20.3. The minimum absolute atomic E-state index is 0.180. The zero-order valence-electron chi connectivity index (χ0n) is 16.2. The number of rotatable bonds is 8. The number of hydrogen-bond donors (Lipinski definition) is 1. The zero-order valence-corrected chi connectivity index (χ0v) is 17.0. The maximum absolute atomic E-state index is 12.4. The predicted molar refractivity (Wildman–Crippen MR) is 111 cm³/mol. The van der Waals surface area contributed by atoms with Gasteiger partial charge in [-0.3, -0.25) is 9.52 Å². The summed E-state index contributed by atoms with van der Waals surface area (Å²) in [6.07, 6.45) is 3.15. The summed E-state index contributed by atoms with van der Waals surface area (Å²) in [5, 5.41) is 3.74. The van der Waals surface area contributed by atoms with Gasteiger partial charge in [-0.2, -0.15) is 0 Å². The number of nitrogens with one attached hydrogen (secondary N) is 1. The van der Waals surface area contributed by atoms with Gasteiger partial charge in [-0.05, 0) is 55.5 Å². The SMILES string of the molecule is COc1ccc(/C=C/C(=O)c2ccc(S(=O)Nc3cc(C)on3)cc2)c(OC)c1. The van der Waals surface area contributed by atoms with Gasteiger partial charge in [0.05, 0.1) is 19.1 Å². The van der Waals surface area contributed by atoms with E-state index in [0.717, 1.165) is 5.56 Å². The molecule has 0 bridgehead atoms. The van der Waals surface area contributed by atoms with E-state index in [1.165, 1.54) is 6.08 Å². The molecule has 3 aromatic rings. The smallest absolute Gasteiger partial charge is 0.185 e. The average Bonchev–Trinajstić information content (AvgIpc) is 3.16.